The third kappa shape index (κ3) is 1.18. The summed E-state index contributed by atoms with van der Waals surface area (Å²) in [5.41, 5.74) is 4.97. The molecule has 1 heterocycles. The summed E-state index contributed by atoms with van der Waals surface area (Å²) in [6.45, 7) is 0. The van der Waals surface area contributed by atoms with Gasteiger partial charge >= 0.3 is 0 Å². The molecule has 0 atom stereocenters. The average Bonchev–Trinajstić information content (AvgIpc) is 1.90. The second-order valence-corrected chi connectivity index (χ2v) is 1.35. The van der Waals surface area contributed by atoms with E-state index in [4.69, 9.17) is 5.73 Å². The van der Waals surface area contributed by atoms with Gasteiger partial charge in [0.25, 0.3) is 5.91 Å². The number of nitrogens with two attached hydrogens (primary N) is 1. The molecule has 1 aromatic heterocycles. The average molecular weight is 124 g/mol. The van der Waals surface area contributed by atoms with Crippen LogP contribution in [0.15, 0.2) is 12.5 Å². The van der Waals surface area contributed by atoms with Gasteiger partial charge in [-0.3, -0.25) is 4.79 Å². The Morgan fingerprint density at radius 3 is 2.67 bits per heavy atom. The van der Waals surface area contributed by atoms with Crippen molar-refractivity contribution in [2.75, 3.05) is 0 Å². The van der Waals surface area contributed by atoms with Crippen molar-refractivity contribution < 1.29 is 4.79 Å². The Morgan fingerprint density at radius 2 is 2.33 bits per heavy atom. The van der Waals surface area contributed by atoms with Crippen molar-refractivity contribution in [3.8, 4) is 0 Å². The van der Waals surface area contributed by atoms with Gasteiger partial charge in [0, 0.05) is 0 Å². The molecule has 5 nitrogen and oxygen atoms in total. The van der Waals surface area contributed by atoms with Gasteiger partial charge in [-0.15, -0.1) is 5.10 Å². The van der Waals surface area contributed by atoms with Crippen molar-refractivity contribution in [3.05, 3.63) is 18.2 Å². The maximum Gasteiger partial charge on any atom is 0.269 e. The van der Waals surface area contributed by atoms with Gasteiger partial charge in [0.15, 0.2) is 0 Å². The van der Waals surface area contributed by atoms with Crippen LogP contribution in [0.5, 0.6) is 0 Å². The highest BCUT2D eigenvalue weighted by Gasteiger charge is 1.97. The molecule has 1 amide bonds. The lowest BCUT2D eigenvalue weighted by molar-refractivity contribution is 0.0995. The predicted octanol–water partition coefficient (Wildman–Crippen LogP) is -1.03. The summed E-state index contributed by atoms with van der Waals surface area (Å²) in [4.78, 5) is 13.8. The van der Waals surface area contributed by atoms with E-state index in [-0.39, 0.29) is 5.69 Å². The quantitative estimate of drug-likeness (QED) is 0.519. The summed E-state index contributed by atoms with van der Waals surface area (Å²) >= 11 is 0. The second-order valence-electron chi connectivity index (χ2n) is 1.35. The first-order chi connectivity index (χ1) is 4.30. The van der Waals surface area contributed by atoms with Crippen LogP contribution in [0.1, 0.15) is 10.5 Å². The molecule has 0 aromatic carbocycles. The number of carbonyl (C=O) groups is 1. The van der Waals surface area contributed by atoms with E-state index in [0.717, 1.165) is 0 Å². The van der Waals surface area contributed by atoms with Gasteiger partial charge in [0.1, 0.15) is 12.0 Å². The molecule has 0 bridgehead atoms. The van der Waals surface area contributed by atoms with E-state index in [9.17, 15) is 4.79 Å². The van der Waals surface area contributed by atoms with Gasteiger partial charge in [-0.25, -0.2) is 4.98 Å². The van der Waals surface area contributed by atoms with Gasteiger partial charge < -0.3 is 5.73 Å². The van der Waals surface area contributed by atoms with Crippen LogP contribution in [0.2, 0.25) is 0 Å². The van der Waals surface area contributed by atoms with Gasteiger partial charge in [-0.1, -0.05) is 0 Å². The topological polar surface area (TPSA) is 81.8 Å². The molecule has 9 heavy (non-hydrogen) atoms. The Bertz CT molecular complexity index is 209. The molecule has 5 heteroatoms. The number of rotatable bonds is 1. The molecule has 0 fully saturated rings. The first-order valence-corrected chi connectivity index (χ1v) is 2.23. The Hall–Kier alpha value is -1.52. The molecular formula is C4H4N4O. The van der Waals surface area contributed by atoms with Crippen molar-refractivity contribution in [1.82, 2.24) is 15.2 Å². The number of primary amides is 1. The molecule has 0 saturated carbocycles. The summed E-state index contributed by atoms with van der Waals surface area (Å²) in [5, 5.41) is 6.75. The van der Waals surface area contributed by atoms with Gasteiger partial charge in [0.2, 0.25) is 0 Å². The summed E-state index contributed by atoms with van der Waals surface area (Å²) in [6, 6.07) is 0. The fourth-order valence-corrected chi connectivity index (χ4v) is 0.366. The van der Waals surface area contributed by atoms with Gasteiger partial charge in [0.05, 0.1) is 6.20 Å². The summed E-state index contributed by atoms with van der Waals surface area (Å²) in [5.74, 6) is -0.593. The highest BCUT2D eigenvalue weighted by atomic mass is 16.1. The Kier molecular flexibility index (Phi) is 1.35. The van der Waals surface area contributed by atoms with Crippen LogP contribution in [0.25, 0.3) is 0 Å². The maximum absolute atomic E-state index is 10.3. The van der Waals surface area contributed by atoms with E-state index in [0.29, 0.717) is 0 Å². The fraction of sp³-hybridized carbons (Fsp3) is 0. The Labute approximate surface area is 50.9 Å². The standard InChI is InChI=1S/C4H4N4O/c5-4(9)3-1-7-8-2-6-3/h1-2H,(H2,5,9). The monoisotopic (exact) mass is 124 g/mol. The molecule has 0 aliphatic rings. The van der Waals surface area contributed by atoms with Crippen LogP contribution < -0.4 is 5.73 Å². The van der Waals surface area contributed by atoms with Crippen LogP contribution in [0, 0.1) is 0 Å². The summed E-state index contributed by atoms with van der Waals surface area (Å²) in [7, 11) is 0. The molecule has 0 aliphatic heterocycles. The van der Waals surface area contributed by atoms with E-state index in [1.807, 2.05) is 0 Å². The number of hydrogen-bond acceptors (Lipinski definition) is 4. The van der Waals surface area contributed by atoms with E-state index in [1.165, 1.54) is 12.5 Å². The van der Waals surface area contributed by atoms with Crippen molar-refractivity contribution in [1.29, 1.82) is 0 Å². The number of hydrogen-bond donors (Lipinski definition) is 1. The second kappa shape index (κ2) is 2.17. The van der Waals surface area contributed by atoms with Gasteiger partial charge in [-0.2, -0.15) is 5.10 Å². The number of nitrogens with zero attached hydrogens (tertiary/aromatic N) is 3. The first-order valence-electron chi connectivity index (χ1n) is 2.23. The Balaban J connectivity index is 2.98. The molecule has 0 radical (unpaired) electrons. The lowest BCUT2D eigenvalue weighted by Gasteiger charge is -1.86. The lowest BCUT2D eigenvalue weighted by Crippen LogP contribution is -2.13. The third-order valence-electron chi connectivity index (χ3n) is 0.748. The van der Waals surface area contributed by atoms with Crippen molar-refractivity contribution >= 4 is 5.91 Å². The first kappa shape index (κ1) is 5.61. The van der Waals surface area contributed by atoms with E-state index in [2.05, 4.69) is 15.2 Å². The van der Waals surface area contributed by atoms with E-state index >= 15 is 0 Å². The zero-order chi connectivity index (χ0) is 6.69. The highest BCUT2D eigenvalue weighted by Crippen LogP contribution is 1.82. The number of aromatic nitrogens is 3. The van der Waals surface area contributed by atoms with Crippen molar-refractivity contribution in [3.63, 3.8) is 0 Å². The minimum atomic E-state index is -0.593. The van der Waals surface area contributed by atoms with Crippen LogP contribution in [0.3, 0.4) is 0 Å². The minimum absolute atomic E-state index is 0.130. The molecule has 0 saturated heterocycles. The molecule has 46 valence electrons. The van der Waals surface area contributed by atoms with E-state index < -0.39 is 5.91 Å². The van der Waals surface area contributed by atoms with Crippen LogP contribution in [-0.4, -0.2) is 21.1 Å². The van der Waals surface area contributed by atoms with Crippen molar-refractivity contribution in [2.45, 2.75) is 0 Å². The molecule has 0 spiro atoms. The smallest absolute Gasteiger partial charge is 0.269 e. The van der Waals surface area contributed by atoms with Crippen LogP contribution in [-0.2, 0) is 0 Å². The highest BCUT2D eigenvalue weighted by molar-refractivity contribution is 5.90. The summed E-state index contributed by atoms with van der Waals surface area (Å²) < 4.78 is 0. The normalized spacial score (nSPS) is 8.89. The minimum Gasteiger partial charge on any atom is -0.364 e. The molecular weight excluding hydrogens is 120 g/mol. The largest absolute Gasteiger partial charge is 0.364 e. The predicted molar refractivity (Wildman–Crippen MR) is 28.3 cm³/mol. The van der Waals surface area contributed by atoms with Crippen molar-refractivity contribution in [2.24, 2.45) is 5.73 Å². The molecule has 0 unspecified atom stereocenters. The number of amides is 1. The Morgan fingerprint density at radius 1 is 1.56 bits per heavy atom. The zero-order valence-corrected chi connectivity index (χ0v) is 4.48. The lowest BCUT2D eigenvalue weighted by atomic mass is 10.5. The third-order valence-corrected chi connectivity index (χ3v) is 0.748. The fourth-order valence-electron chi connectivity index (χ4n) is 0.366. The maximum atomic E-state index is 10.3. The molecule has 1 rings (SSSR count). The SMILES string of the molecule is NC(=O)c1cnncn1. The summed E-state index contributed by atoms with van der Waals surface area (Å²) in [6.07, 6.45) is 2.38. The van der Waals surface area contributed by atoms with Gasteiger partial charge in [-0.05, 0) is 0 Å². The van der Waals surface area contributed by atoms with E-state index in [1.54, 1.807) is 0 Å². The molecule has 0 aliphatic carbocycles. The van der Waals surface area contributed by atoms with Crippen LogP contribution in [0.4, 0.5) is 0 Å². The molecule has 2 N–H and O–H groups in total. The number of carbonyl (C=O) groups excluding carboxylic acids is 1. The molecule has 1 aromatic rings. The van der Waals surface area contributed by atoms with Crippen LogP contribution >= 0.6 is 0 Å². The zero-order valence-electron chi connectivity index (χ0n) is 4.48.